The van der Waals surface area contributed by atoms with Crippen molar-refractivity contribution in [3.63, 3.8) is 0 Å². The van der Waals surface area contributed by atoms with Crippen LogP contribution in [0.15, 0.2) is 78.9 Å². The van der Waals surface area contributed by atoms with E-state index in [1.54, 1.807) is 18.2 Å². The average molecular weight is 289 g/mol. The van der Waals surface area contributed by atoms with Crippen LogP contribution in [0.3, 0.4) is 0 Å². The van der Waals surface area contributed by atoms with Gasteiger partial charge in [-0.2, -0.15) is 0 Å². The summed E-state index contributed by atoms with van der Waals surface area (Å²) in [6, 6.07) is 24.9. The number of carbonyl (C=O) groups is 1. The quantitative estimate of drug-likeness (QED) is 0.725. The smallest absolute Gasteiger partial charge is 0.337 e. The molecular weight excluding hydrogens is 274 g/mol. The fraction of sp³-hybridized carbons (Fsp3) is 0. The molecule has 0 heterocycles. The van der Waals surface area contributed by atoms with E-state index < -0.39 is 5.97 Å². The molecule has 22 heavy (non-hydrogen) atoms. The first kappa shape index (κ1) is 13.9. The molecule has 0 aliphatic rings. The van der Waals surface area contributed by atoms with Gasteiger partial charge in [0, 0.05) is 5.69 Å². The summed E-state index contributed by atoms with van der Waals surface area (Å²) in [6.07, 6.45) is 0. The van der Waals surface area contributed by atoms with Gasteiger partial charge in [-0.05, 0) is 35.4 Å². The van der Waals surface area contributed by atoms with E-state index in [2.05, 4.69) is 17.4 Å². The van der Waals surface area contributed by atoms with Crippen molar-refractivity contribution < 1.29 is 9.90 Å². The molecule has 3 aromatic carbocycles. The largest absolute Gasteiger partial charge is 0.478 e. The molecule has 3 nitrogen and oxygen atoms in total. The van der Waals surface area contributed by atoms with Crippen LogP contribution in [0.1, 0.15) is 10.4 Å². The predicted molar refractivity (Wildman–Crippen MR) is 88.6 cm³/mol. The van der Waals surface area contributed by atoms with Gasteiger partial charge in [0.25, 0.3) is 0 Å². The molecule has 0 amide bonds. The first-order valence-corrected chi connectivity index (χ1v) is 6.99. The number of hydrogen-bond acceptors (Lipinski definition) is 2. The Morgan fingerprint density at radius 3 is 2.00 bits per heavy atom. The standard InChI is InChI=1S/C19H15NO2/c21-19(22)17-8-4-5-9-18(17)20-16-12-10-15(11-13-16)14-6-2-1-3-7-14/h1-13,20H,(H,21,22). The molecule has 0 aliphatic heterocycles. The monoisotopic (exact) mass is 289 g/mol. The number of benzene rings is 3. The van der Waals surface area contributed by atoms with Crippen LogP contribution < -0.4 is 5.32 Å². The number of carboxylic acids is 1. The summed E-state index contributed by atoms with van der Waals surface area (Å²) in [5, 5.41) is 12.3. The third-order valence-corrected chi connectivity index (χ3v) is 3.43. The molecule has 0 aliphatic carbocycles. The summed E-state index contributed by atoms with van der Waals surface area (Å²) in [4.78, 5) is 11.2. The maximum absolute atomic E-state index is 11.2. The summed E-state index contributed by atoms with van der Waals surface area (Å²) in [6.45, 7) is 0. The van der Waals surface area contributed by atoms with Crippen molar-refractivity contribution in [2.24, 2.45) is 0 Å². The second-order valence-corrected chi connectivity index (χ2v) is 4.92. The van der Waals surface area contributed by atoms with Gasteiger partial charge in [-0.25, -0.2) is 4.79 Å². The average Bonchev–Trinajstić information content (AvgIpc) is 2.57. The van der Waals surface area contributed by atoms with Gasteiger partial charge in [0.15, 0.2) is 0 Å². The van der Waals surface area contributed by atoms with Crippen LogP contribution in [-0.4, -0.2) is 11.1 Å². The maximum Gasteiger partial charge on any atom is 0.337 e. The Kier molecular flexibility index (Phi) is 3.88. The van der Waals surface area contributed by atoms with Crippen LogP contribution in [0, 0.1) is 0 Å². The van der Waals surface area contributed by atoms with Gasteiger partial charge in [-0.15, -0.1) is 0 Å². The highest BCUT2D eigenvalue weighted by Gasteiger charge is 2.08. The Hall–Kier alpha value is -3.07. The molecule has 2 N–H and O–H groups in total. The molecule has 3 rings (SSSR count). The van der Waals surface area contributed by atoms with E-state index >= 15 is 0 Å². The van der Waals surface area contributed by atoms with Gasteiger partial charge in [0.1, 0.15) is 0 Å². The molecule has 108 valence electrons. The molecular formula is C19H15NO2. The van der Waals surface area contributed by atoms with Crippen molar-refractivity contribution in [2.75, 3.05) is 5.32 Å². The number of para-hydroxylation sites is 1. The van der Waals surface area contributed by atoms with Gasteiger partial charge in [0.05, 0.1) is 11.3 Å². The number of carboxylic acid groups (broad SMARTS) is 1. The van der Waals surface area contributed by atoms with E-state index in [4.69, 9.17) is 0 Å². The van der Waals surface area contributed by atoms with Crippen molar-refractivity contribution in [1.82, 2.24) is 0 Å². The first-order chi connectivity index (χ1) is 10.7. The highest BCUT2D eigenvalue weighted by Crippen LogP contribution is 2.24. The number of rotatable bonds is 4. The van der Waals surface area contributed by atoms with Crippen molar-refractivity contribution in [2.45, 2.75) is 0 Å². The van der Waals surface area contributed by atoms with Crippen molar-refractivity contribution >= 4 is 17.3 Å². The molecule has 3 heteroatoms. The van der Waals surface area contributed by atoms with Gasteiger partial charge in [0.2, 0.25) is 0 Å². The van der Waals surface area contributed by atoms with Crippen molar-refractivity contribution in [3.8, 4) is 11.1 Å². The van der Waals surface area contributed by atoms with Crippen molar-refractivity contribution in [3.05, 3.63) is 84.4 Å². The van der Waals surface area contributed by atoms with Gasteiger partial charge in [-0.3, -0.25) is 0 Å². The van der Waals surface area contributed by atoms with Gasteiger partial charge < -0.3 is 10.4 Å². The zero-order valence-corrected chi connectivity index (χ0v) is 11.9. The lowest BCUT2D eigenvalue weighted by atomic mass is 10.1. The Balaban J connectivity index is 1.84. The lowest BCUT2D eigenvalue weighted by molar-refractivity contribution is 0.0698. The molecule has 0 bridgehead atoms. The summed E-state index contributed by atoms with van der Waals surface area (Å²) in [5.41, 5.74) is 3.98. The molecule has 0 saturated heterocycles. The summed E-state index contributed by atoms with van der Waals surface area (Å²) < 4.78 is 0. The molecule has 0 atom stereocenters. The summed E-state index contributed by atoms with van der Waals surface area (Å²) in [5.74, 6) is -0.941. The fourth-order valence-electron chi connectivity index (χ4n) is 2.31. The highest BCUT2D eigenvalue weighted by atomic mass is 16.4. The maximum atomic E-state index is 11.2. The van der Waals surface area contributed by atoms with E-state index in [0.717, 1.165) is 16.8 Å². The van der Waals surface area contributed by atoms with Crippen molar-refractivity contribution in [1.29, 1.82) is 0 Å². The van der Waals surface area contributed by atoms with Crippen LogP contribution in [0.4, 0.5) is 11.4 Å². The fourth-order valence-corrected chi connectivity index (χ4v) is 2.31. The number of hydrogen-bond donors (Lipinski definition) is 2. The molecule has 0 aromatic heterocycles. The van der Waals surface area contributed by atoms with Gasteiger partial charge >= 0.3 is 5.97 Å². The van der Waals surface area contributed by atoms with Crippen LogP contribution in [0.25, 0.3) is 11.1 Å². The Labute approximate surface area is 128 Å². The normalized spacial score (nSPS) is 10.2. The topological polar surface area (TPSA) is 49.3 Å². The minimum atomic E-state index is -0.941. The van der Waals surface area contributed by atoms with E-state index in [0.29, 0.717) is 5.69 Å². The summed E-state index contributed by atoms with van der Waals surface area (Å²) >= 11 is 0. The van der Waals surface area contributed by atoms with E-state index in [1.807, 2.05) is 48.5 Å². The third kappa shape index (κ3) is 2.99. The molecule has 0 saturated carbocycles. The summed E-state index contributed by atoms with van der Waals surface area (Å²) in [7, 11) is 0. The second-order valence-electron chi connectivity index (χ2n) is 4.92. The molecule has 0 spiro atoms. The number of anilines is 2. The zero-order chi connectivity index (χ0) is 15.4. The third-order valence-electron chi connectivity index (χ3n) is 3.43. The zero-order valence-electron chi connectivity index (χ0n) is 11.9. The lowest BCUT2D eigenvalue weighted by Crippen LogP contribution is -2.02. The van der Waals surface area contributed by atoms with E-state index in [1.165, 1.54) is 0 Å². The second kappa shape index (κ2) is 6.14. The highest BCUT2D eigenvalue weighted by molar-refractivity contribution is 5.95. The number of aromatic carboxylic acids is 1. The predicted octanol–water partition coefficient (Wildman–Crippen LogP) is 4.80. The minimum absolute atomic E-state index is 0.259. The van der Waals surface area contributed by atoms with Crippen LogP contribution in [0.2, 0.25) is 0 Å². The molecule has 0 radical (unpaired) electrons. The molecule has 3 aromatic rings. The van der Waals surface area contributed by atoms with Gasteiger partial charge in [-0.1, -0.05) is 54.6 Å². The minimum Gasteiger partial charge on any atom is -0.478 e. The lowest BCUT2D eigenvalue weighted by Gasteiger charge is -2.10. The first-order valence-electron chi connectivity index (χ1n) is 6.99. The SMILES string of the molecule is O=C(O)c1ccccc1Nc1ccc(-c2ccccc2)cc1. The van der Waals surface area contributed by atoms with Crippen LogP contribution >= 0.6 is 0 Å². The Morgan fingerprint density at radius 1 is 0.727 bits per heavy atom. The molecule has 0 fully saturated rings. The Bertz CT molecular complexity index is 780. The van der Waals surface area contributed by atoms with Crippen LogP contribution in [0.5, 0.6) is 0 Å². The van der Waals surface area contributed by atoms with Crippen LogP contribution in [-0.2, 0) is 0 Å². The van der Waals surface area contributed by atoms with E-state index in [9.17, 15) is 9.90 Å². The molecule has 0 unspecified atom stereocenters. The Morgan fingerprint density at radius 2 is 1.32 bits per heavy atom. The van der Waals surface area contributed by atoms with E-state index in [-0.39, 0.29) is 5.56 Å². The number of nitrogens with one attached hydrogen (secondary N) is 1.